The van der Waals surface area contributed by atoms with Gasteiger partial charge in [-0.15, -0.1) is 0 Å². The molecule has 12 rings (SSSR count). The molecule has 88 heavy (non-hydrogen) atoms. The van der Waals surface area contributed by atoms with E-state index < -0.39 is 31.7 Å². The van der Waals surface area contributed by atoms with Gasteiger partial charge in [0.15, 0.2) is 0 Å². The highest BCUT2D eigenvalue weighted by Gasteiger charge is 2.42. The van der Waals surface area contributed by atoms with Crippen molar-refractivity contribution in [2.45, 2.75) is 64.2 Å². The second kappa shape index (κ2) is 30.5. The number of aryl methyl sites for hydroxylation is 4. The second-order valence-electron chi connectivity index (χ2n) is 23.3. The van der Waals surface area contributed by atoms with Gasteiger partial charge in [0, 0.05) is 22.6 Å². The molecule has 4 unspecified atom stereocenters. The first-order chi connectivity index (χ1) is 43.2. The van der Waals surface area contributed by atoms with Crippen LogP contribution < -0.4 is 42.4 Å². The van der Waals surface area contributed by atoms with Crippen LogP contribution in [0.4, 0.5) is 0 Å². The van der Waals surface area contributed by atoms with Gasteiger partial charge in [-0.1, -0.05) is 376 Å². The molecule has 12 aromatic carbocycles. The van der Waals surface area contributed by atoms with Gasteiger partial charge in [0.2, 0.25) is 0 Å². The smallest absolute Gasteiger partial charge is 0.0157 e. The minimum absolute atomic E-state index is 0.299. The molecule has 0 N–H and O–H groups in total. The van der Waals surface area contributed by atoms with E-state index in [0.717, 1.165) is 0 Å². The molecular weight excluding hydrogens is 1130 g/mol. The highest BCUT2D eigenvalue weighted by atomic mass is 31.1. The van der Waals surface area contributed by atoms with E-state index in [4.69, 9.17) is 0 Å². The quantitative estimate of drug-likeness (QED) is 0.0667. The van der Waals surface area contributed by atoms with Gasteiger partial charge in [-0.2, -0.15) is 0 Å². The third-order valence-corrected chi connectivity index (χ3v) is 29.2. The Balaban J connectivity index is 0.000000183. The number of rotatable bonds is 20. The summed E-state index contributed by atoms with van der Waals surface area (Å²) in [5, 5.41) is 11.5. The van der Waals surface area contributed by atoms with Crippen molar-refractivity contribution in [3.8, 4) is 0 Å². The van der Waals surface area contributed by atoms with Crippen molar-refractivity contribution in [3.63, 3.8) is 0 Å². The molecule has 4 atom stereocenters. The SMILES string of the molecule is CC(C(c1ccccc1)P(c1ccccc1)c1ccccc1)C(c1ccccc1)P(c1ccccc1)c1ccccc1.Cc1ccc(P(c2ccc(C)cc2)C(c2ccccc2)C(C)C(c2ccccc2)P(c2ccc(C)cc2)c2ccc(C)cc2)cc1. The molecule has 0 aromatic heterocycles. The minimum atomic E-state index is -0.740. The fraction of sp³-hybridized carbons (Fsp3) is 0.143. The molecule has 0 fully saturated rings. The van der Waals surface area contributed by atoms with Crippen LogP contribution in [-0.2, 0) is 0 Å². The van der Waals surface area contributed by atoms with Crippen molar-refractivity contribution in [1.29, 1.82) is 0 Å². The zero-order chi connectivity index (χ0) is 60.6. The molecule has 0 radical (unpaired) electrons. The molecule has 0 saturated carbocycles. The Labute approximate surface area is 530 Å². The molecule has 0 aliphatic carbocycles. The standard InChI is InChI=1S/C44H44P2.C40H36P2/c1-32-16-24-39(25-17-32)45(40-26-18-33(2)19-27-40)43(37-12-8-6-9-13-37)36(5)44(38-14-10-7-11-15-38)46(41-28-20-34(3)21-29-41)42-30-22-35(4)23-31-42;1-32(39(33-20-8-2-9-21-33)41(35-24-12-4-13-25-35)36-26-14-5-15-27-36)40(34-22-10-3-11-23-34)42(37-28-16-6-17-29-37)38-30-18-7-19-31-38/h6-31,36,43-44H,1-5H3;2-32,39-40H,1H3. The first-order valence-corrected chi connectivity index (χ1v) is 36.7. The minimum Gasteiger partial charge on any atom is -0.0622 e. The van der Waals surface area contributed by atoms with Crippen molar-refractivity contribution in [3.05, 3.63) is 384 Å². The summed E-state index contributed by atoms with van der Waals surface area (Å²) in [6.07, 6.45) is 0. The Morgan fingerprint density at radius 3 is 0.466 bits per heavy atom. The lowest BCUT2D eigenvalue weighted by molar-refractivity contribution is 0.546. The normalized spacial score (nSPS) is 13.5. The van der Waals surface area contributed by atoms with Crippen LogP contribution in [0.15, 0.2) is 340 Å². The fourth-order valence-electron chi connectivity index (χ4n) is 12.8. The maximum Gasteiger partial charge on any atom is 0.0157 e. The van der Waals surface area contributed by atoms with Crippen LogP contribution in [-0.4, -0.2) is 0 Å². The largest absolute Gasteiger partial charge is 0.0622 e. The van der Waals surface area contributed by atoms with E-state index in [2.05, 4.69) is 381 Å². The predicted octanol–water partition coefficient (Wildman–Crippen LogP) is 20.0. The van der Waals surface area contributed by atoms with E-state index in [-0.39, 0.29) is 0 Å². The lowest BCUT2D eigenvalue weighted by Crippen LogP contribution is -2.28. The van der Waals surface area contributed by atoms with Crippen LogP contribution in [0.2, 0.25) is 0 Å². The first kappa shape index (κ1) is 62.0. The number of hydrogen-bond acceptors (Lipinski definition) is 0. The Morgan fingerprint density at radius 2 is 0.307 bits per heavy atom. The monoisotopic (exact) mass is 1210 g/mol. The highest BCUT2D eigenvalue weighted by Crippen LogP contribution is 2.65. The summed E-state index contributed by atoms with van der Waals surface area (Å²) in [6.45, 7) is 13.8. The van der Waals surface area contributed by atoms with Crippen LogP contribution in [0, 0.1) is 39.5 Å². The van der Waals surface area contributed by atoms with Crippen LogP contribution in [0.25, 0.3) is 0 Å². The van der Waals surface area contributed by atoms with E-state index in [1.165, 1.54) is 86.9 Å². The summed E-state index contributed by atoms with van der Waals surface area (Å²) in [5.74, 6) is 0.667. The van der Waals surface area contributed by atoms with Crippen LogP contribution >= 0.6 is 31.7 Å². The fourth-order valence-corrected chi connectivity index (χ4v) is 25.1. The van der Waals surface area contributed by atoms with Crippen molar-refractivity contribution >= 4 is 74.1 Å². The van der Waals surface area contributed by atoms with Crippen LogP contribution in [0.1, 0.15) is 81.0 Å². The summed E-state index contributed by atoms with van der Waals surface area (Å²) in [6, 6.07) is 128. The average Bonchev–Trinajstić information content (AvgIpc) is 1.03. The molecule has 0 heterocycles. The lowest BCUT2D eigenvalue weighted by Gasteiger charge is -2.41. The van der Waals surface area contributed by atoms with Gasteiger partial charge < -0.3 is 0 Å². The maximum absolute atomic E-state index is 2.55. The molecule has 0 spiro atoms. The predicted molar refractivity (Wildman–Crippen MR) is 390 cm³/mol. The average molecular weight is 1210 g/mol. The molecule has 0 bridgehead atoms. The van der Waals surface area contributed by atoms with E-state index >= 15 is 0 Å². The molecule has 436 valence electrons. The van der Waals surface area contributed by atoms with Gasteiger partial charge in [-0.3, -0.25) is 0 Å². The summed E-state index contributed by atoms with van der Waals surface area (Å²) < 4.78 is 0. The van der Waals surface area contributed by atoms with Gasteiger partial charge in [0.25, 0.3) is 0 Å². The van der Waals surface area contributed by atoms with Gasteiger partial charge in [0.1, 0.15) is 0 Å². The molecule has 0 saturated heterocycles. The van der Waals surface area contributed by atoms with Crippen molar-refractivity contribution in [2.24, 2.45) is 11.8 Å². The summed E-state index contributed by atoms with van der Waals surface area (Å²) in [5.41, 5.74) is 12.1. The summed E-state index contributed by atoms with van der Waals surface area (Å²) >= 11 is 0. The van der Waals surface area contributed by atoms with Gasteiger partial charge in [0.05, 0.1) is 0 Å². The zero-order valence-electron chi connectivity index (χ0n) is 51.6. The van der Waals surface area contributed by atoms with Gasteiger partial charge in [-0.05, 0) is 136 Å². The molecule has 0 nitrogen and oxygen atoms in total. The van der Waals surface area contributed by atoms with Crippen molar-refractivity contribution < 1.29 is 0 Å². The van der Waals surface area contributed by atoms with E-state index in [1.54, 1.807) is 0 Å². The Morgan fingerprint density at radius 1 is 0.170 bits per heavy atom. The van der Waals surface area contributed by atoms with Crippen LogP contribution in [0.5, 0.6) is 0 Å². The Kier molecular flexibility index (Phi) is 21.5. The van der Waals surface area contributed by atoms with Gasteiger partial charge >= 0.3 is 0 Å². The molecule has 12 aromatic rings. The third kappa shape index (κ3) is 15.1. The maximum atomic E-state index is 2.55. The van der Waals surface area contributed by atoms with E-state index in [0.29, 0.717) is 34.5 Å². The highest BCUT2D eigenvalue weighted by molar-refractivity contribution is 7.75. The van der Waals surface area contributed by atoms with Crippen molar-refractivity contribution in [2.75, 3.05) is 0 Å². The first-order valence-electron chi connectivity index (χ1n) is 31.0. The molecular formula is C84H80P4. The van der Waals surface area contributed by atoms with E-state index in [1.807, 2.05) is 0 Å². The second-order valence-corrected chi connectivity index (χ2v) is 32.6. The molecule has 0 aliphatic rings. The zero-order valence-corrected chi connectivity index (χ0v) is 55.2. The molecule has 0 amide bonds. The number of hydrogen-bond donors (Lipinski definition) is 0. The molecule has 4 heteroatoms. The van der Waals surface area contributed by atoms with Gasteiger partial charge in [-0.25, -0.2) is 0 Å². The van der Waals surface area contributed by atoms with Crippen molar-refractivity contribution in [1.82, 2.24) is 0 Å². The van der Waals surface area contributed by atoms with Crippen LogP contribution in [0.3, 0.4) is 0 Å². The molecule has 0 aliphatic heterocycles. The van der Waals surface area contributed by atoms with E-state index in [9.17, 15) is 0 Å². The number of benzene rings is 12. The lowest BCUT2D eigenvalue weighted by atomic mass is 9.93. The Bertz CT molecular complexity index is 3530. The summed E-state index contributed by atoms with van der Waals surface area (Å²) in [7, 11) is -2.89. The topological polar surface area (TPSA) is 0 Å². The summed E-state index contributed by atoms with van der Waals surface area (Å²) in [4.78, 5) is 0. The Hall–Kier alpha value is -7.64. The third-order valence-electron chi connectivity index (χ3n) is 17.1.